The van der Waals surface area contributed by atoms with Gasteiger partial charge in [-0.1, -0.05) is 12.1 Å². The first-order valence-electron chi connectivity index (χ1n) is 6.47. The van der Waals surface area contributed by atoms with Crippen molar-refractivity contribution in [2.75, 3.05) is 13.7 Å². The van der Waals surface area contributed by atoms with Crippen molar-refractivity contribution in [2.24, 2.45) is 0 Å². The van der Waals surface area contributed by atoms with Gasteiger partial charge in [-0.25, -0.2) is 0 Å². The first-order valence-corrected chi connectivity index (χ1v) is 6.47. The molecule has 0 fully saturated rings. The molecule has 0 spiro atoms. The normalized spacial score (nSPS) is 17.8. The number of carbonyl (C=O) groups excluding carboxylic acids is 3. The maximum atomic E-state index is 12.1. The number of ketones is 1. The second-order valence-corrected chi connectivity index (χ2v) is 4.82. The van der Waals surface area contributed by atoms with Gasteiger partial charge < -0.3 is 19.8 Å². The molecule has 0 aliphatic carbocycles. The Labute approximate surface area is 126 Å². The van der Waals surface area contributed by atoms with Crippen LogP contribution in [0.15, 0.2) is 35.6 Å². The van der Waals surface area contributed by atoms with Crippen LogP contribution in [0, 0.1) is 0 Å². The molecule has 1 heterocycles. The van der Waals surface area contributed by atoms with E-state index in [0.29, 0.717) is 5.56 Å². The highest BCUT2D eigenvalue weighted by Crippen LogP contribution is 2.37. The lowest BCUT2D eigenvalue weighted by molar-refractivity contribution is -0.146. The molecule has 0 saturated heterocycles. The Kier molecular flexibility index (Phi) is 4.16. The van der Waals surface area contributed by atoms with Gasteiger partial charge in [0.05, 0.1) is 18.7 Å². The fourth-order valence-corrected chi connectivity index (χ4v) is 2.38. The maximum absolute atomic E-state index is 12.1. The summed E-state index contributed by atoms with van der Waals surface area (Å²) in [6.07, 6.45) is 0. The summed E-state index contributed by atoms with van der Waals surface area (Å²) in [5, 5.41) is 19.3. The predicted molar refractivity (Wildman–Crippen MR) is 74.9 cm³/mol. The van der Waals surface area contributed by atoms with Crippen molar-refractivity contribution in [3.63, 3.8) is 0 Å². The van der Waals surface area contributed by atoms with Crippen LogP contribution in [0.2, 0.25) is 0 Å². The molecule has 1 aliphatic heterocycles. The highest BCUT2D eigenvalue weighted by atomic mass is 16.5. The van der Waals surface area contributed by atoms with Crippen LogP contribution in [0.1, 0.15) is 18.5 Å². The molecular formula is C15H15NO6. The molecule has 0 unspecified atom stereocenters. The predicted octanol–water partition coefficient (Wildman–Crippen LogP) is 0.850. The molecular weight excluding hydrogens is 290 g/mol. The number of hydrogen-bond donors (Lipinski definition) is 2. The lowest BCUT2D eigenvalue weighted by Gasteiger charge is -2.25. The second kappa shape index (κ2) is 5.88. The number of nitrogens with zero attached hydrogens (tertiary/aromatic N) is 1. The van der Waals surface area contributed by atoms with Crippen molar-refractivity contribution in [2.45, 2.75) is 13.0 Å². The number of Topliss-reactive ketones (excluding diaryl/α,β-unsaturated/α-hetero) is 1. The number of aromatic hydroxyl groups is 1. The minimum atomic E-state index is -0.898. The highest BCUT2D eigenvalue weighted by Gasteiger charge is 2.43. The number of benzene rings is 1. The van der Waals surface area contributed by atoms with Gasteiger partial charge in [-0.2, -0.15) is 0 Å². The van der Waals surface area contributed by atoms with Gasteiger partial charge >= 0.3 is 5.97 Å². The topological polar surface area (TPSA) is 104 Å². The van der Waals surface area contributed by atoms with Crippen molar-refractivity contribution < 1.29 is 29.3 Å². The molecule has 7 heteroatoms. The molecule has 1 atom stereocenters. The molecule has 22 heavy (non-hydrogen) atoms. The van der Waals surface area contributed by atoms with Gasteiger partial charge in [-0.3, -0.25) is 14.4 Å². The van der Waals surface area contributed by atoms with E-state index in [1.807, 2.05) is 0 Å². The molecule has 2 rings (SSSR count). The van der Waals surface area contributed by atoms with Crippen LogP contribution in [0.5, 0.6) is 5.75 Å². The van der Waals surface area contributed by atoms with E-state index in [4.69, 9.17) is 0 Å². The summed E-state index contributed by atoms with van der Waals surface area (Å²) in [7, 11) is 1.18. The van der Waals surface area contributed by atoms with E-state index in [9.17, 15) is 24.6 Å². The van der Waals surface area contributed by atoms with Crippen LogP contribution in [0.25, 0.3) is 0 Å². The number of ether oxygens (including phenoxy) is 1. The number of aliphatic hydroxyl groups excluding tert-OH is 1. The molecule has 1 aromatic carbocycles. The third-order valence-corrected chi connectivity index (χ3v) is 3.42. The average Bonchev–Trinajstić information content (AvgIpc) is 2.73. The average molecular weight is 305 g/mol. The smallest absolute Gasteiger partial charge is 0.325 e. The Morgan fingerprint density at radius 1 is 1.23 bits per heavy atom. The van der Waals surface area contributed by atoms with Crippen LogP contribution in [0.3, 0.4) is 0 Å². The molecule has 116 valence electrons. The van der Waals surface area contributed by atoms with E-state index in [2.05, 4.69) is 4.74 Å². The van der Waals surface area contributed by atoms with Gasteiger partial charge in [0.25, 0.3) is 5.91 Å². The third kappa shape index (κ3) is 2.65. The van der Waals surface area contributed by atoms with Gasteiger partial charge in [-0.15, -0.1) is 0 Å². The first kappa shape index (κ1) is 15.6. The Morgan fingerprint density at radius 2 is 1.82 bits per heavy atom. The fraction of sp³-hybridized carbons (Fsp3) is 0.267. The lowest BCUT2D eigenvalue weighted by atomic mass is 9.97. The summed E-state index contributed by atoms with van der Waals surface area (Å²) < 4.78 is 4.54. The summed E-state index contributed by atoms with van der Waals surface area (Å²) in [6, 6.07) is 4.91. The standard InChI is InChI=1S/C15H15NO6/c1-8(17)12-13(9-3-5-10(18)6-4-9)16(7-11(19)22-2)15(21)14(12)20/h3-6,13,18,20H,7H2,1-2H3/t13-/m0/s1. The van der Waals surface area contributed by atoms with E-state index < -0.39 is 36.0 Å². The Balaban J connectivity index is 2.50. The maximum Gasteiger partial charge on any atom is 0.325 e. The molecule has 1 aliphatic rings. The quantitative estimate of drug-likeness (QED) is 0.799. The zero-order chi connectivity index (χ0) is 16.4. The summed E-state index contributed by atoms with van der Waals surface area (Å²) in [5.41, 5.74) is 0.406. The molecule has 0 bridgehead atoms. The molecule has 0 radical (unpaired) electrons. The van der Waals surface area contributed by atoms with Crippen LogP contribution in [-0.4, -0.2) is 46.4 Å². The Bertz CT molecular complexity index is 661. The minimum Gasteiger partial charge on any atom is -0.508 e. The largest absolute Gasteiger partial charge is 0.508 e. The third-order valence-electron chi connectivity index (χ3n) is 3.42. The Morgan fingerprint density at radius 3 is 2.32 bits per heavy atom. The van der Waals surface area contributed by atoms with E-state index in [-0.39, 0.29) is 11.3 Å². The number of phenols is 1. The fourth-order valence-electron chi connectivity index (χ4n) is 2.38. The summed E-state index contributed by atoms with van der Waals surface area (Å²) in [4.78, 5) is 36.5. The molecule has 1 aromatic rings. The van der Waals surface area contributed by atoms with Gasteiger partial charge in [-0.05, 0) is 24.6 Å². The van der Waals surface area contributed by atoms with Crippen molar-refractivity contribution >= 4 is 17.7 Å². The number of rotatable bonds is 4. The number of hydrogen-bond acceptors (Lipinski definition) is 6. The minimum absolute atomic E-state index is 0.0187. The second-order valence-electron chi connectivity index (χ2n) is 4.82. The SMILES string of the molecule is COC(=O)CN1C(=O)C(O)=C(C(C)=O)[C@@H]1c1ccc(O)cc1. The van der Waals surface area contributed by atoms with Crippen LogP contribution in [0.4, 0.5) is 0 Å². The number of esters is 1. The lowest BCUT2D eigenvalue weighted by Crippen LogP contribution is -2.36. The van der Waals surface area contributed by atoms with E-state index >= 15 is 0 Å². The molecule has 0 aromatic heterocycles. The molecule has 1 amide bonds. The summed E-state index contributed by atoms with van der Waals surface area (Å²) >= 11 is 0. The number of methoxy groups -OCH3 is 1. The van der Waals surface area contributed by atoms with Crippen LogP contribution >= 0.6 is 0 Å². The summed E-state index contributed by atoms with van der Waals surface area (Å²) in [6.45, 7) is 0.829. The van der Waals surface area contributed by atoms with Gasteiger partial charge in [0, 0.05) is 0 Å². The molecule has 0 saturated carbocycles. The van der Waals surface area contributed by atoms with Gasteiger partial charge in [0.15, 0.2) is 11.5 Å². The molecule has 7 nitrogen and oxygen atoms in total. The van der Waals surface area contributed by atoms with Crippen LogP contribution < -0.4 is 0 Å². The van der Waals surface area contributed by atoms with Crippen molar-refractivity contribution in [3.8, 4) is 5.75 Å². The van der Waals surface area contributed by atoms with Crippen molar-refractivity contribution in [1.82, 2.24) is 4.90 Å². The number of carbonyl (C=O) groups is 3. The number of amides is 1. The number of aliphatic hydroxyl groups is 1. The monoisotopic (exact) mass is 305 g/mol. The van der Waals surface area contributed by atoms with Gasteiger partial charge in [0.2, 0.25) is 0 Å². The van der Waals surface area contributed by atoms with Gasteiger partial charge in [0.1, 0.15) is 12.3 Å². The van der Waals surface area contributed by atoms with E-state index in [0.717, 1.165) is 4.90 Å². The van der Waals surface area contributed by atoms with E-state index in [1.165, 1.54) is 38.3 Å². The van der Waals surface area contributed by atoms with Crippen LogP contribution in [-0.2, 0) is 19.1 Å². The first-order chi connectivity index (χ1) is 10.4. The molecule has 2 N–H and O–H groups in total. The number of phenolic OH excluding ortho intramolecular Hbond substituents is 1. The highest BCUT2D eigenvalue weighted by molar-refractivity contribution is 6.08. The van der Waals surface area contributed by atoms with Crippen molar-refractivity contribution in [3.05, 3.63) is 41.2 Å². The zero-order valence-corrected chi connectivity index (χ0v) is 12.1. The Hall–Kier alpha value is -2.83. The summed E-state index contributed by atoms with van der Waals surface area (Å²) in [5.74, 6) is -2.61. The zero-order valence-electron chi connectivity index (χ0n) is 12.1. The van der Waals surface area contributed by atoms with E-state index in [1.54, 1.807) is 0 Å². The van der Waals surface area contributed by atoms with Crippen molar-refractivity contribution in [1.29, 1.82) is 0 Å².